The number of hydrogen-bond donors (Lipinski definition) is 1. The molecule has 1 aromatic rings. The molecule has 0 spiro atoms. The Balaban J connectivity index is 1.45. The van der Waals surface area contributed by atoms with Gasteiger partial charge in [-0.2, -0.15) is 13.2 Å². The second-order valence-electron chi connectivity index (χ2n) is 10.9. The Kier molecular flexibility index (Phi) is 4.36. The van der Waals surface area contributed by atoms with Crippen LogP contribution in [0.5, 0.6) is 0 Å². The fourth-order valence-electron chi connectivity index (χ4n) is 8.07. The monoisotopic (exact) mass is 434 g/mol. The molecule has 6 heteroatoms. The van der Waals surface area contributed by atoms with Gasteiger partial charge in [-0.1, -0.05) is 19.8 Å². The van der Waals surface area contributed by atoms with Gasteiger partial charge in [-0.15, -0.1) is 6.42 Å². The van der Waals surface area contributed by atoms with Crippen LogP contribution in [0.4, 0.5) is 13.2 Å². The van der Waals surface area contributed by atoms with Gasteiger partial charge in [0.15, 0.2) is 5.76 Å². The van der Waals surface area contributed by atoms with Crippen LogP contribution in [-0.2, 0) is 12.8 Å². The molecule has 3 saturated carbocycles. The summed E-state index contributed by atoms with van der Waals surface area (Å²) < 4.78 is 44.1. The number of aliphatic hydroxyl groups is 1. The van der Waals surface area contributed by atoms with E-state index in [1.54, 1.807) is 0 Å². The normalized spacial score (nSPS) is 43.9. The largest absolute Gasteiger partial charge is 0.458 e. The fourth-order valence-corrected chi connectivity index (χ4v) is 8.07. The third-order valence-corrected chi connectivity index (χ3v) is 9.84. The maximum absolute atomic E-state index is 12.9. The van der Waals surface area contributed by atoms with Gasteiger partial charge in [-0.3, -0.25) is 4.79 Å². The van der Waals surface area contributed by atoms with Crippen LogP contribution in [0.3, 0.4) is 0 Å². The number of Topliss-reactive ketones (excluding diaryl/α,β-unsaturated/α-hetero) is 1. The first-order chi connectivity index (χ1) is 14.4. The van der Waals surface area contributed by atoms with Crippen LogP contribution in [0, 0.1) is 46.8 Å². The SMILES string of the molecule is C#C[C@]1(O)CCC2C3CC[C@H]4Cc5oc(C(=O)C(F)(F)F)cc5C[C@]4(C)C3CC[C@@]21C. The van der Waals surface area contributed by atoms with Crippen molar-refractivity contribution < 1.29 is 27.5 Å². The lowest BCUT2D eigenvalue weighted by molar-refractivity contribution is -0.128. The van der Waals surface area contributed by atoms with Gasteiger partial charge in [0.2, 0.25) is 0 Å². The van der Waals surface area contributed by atoms with Gasteiger partial charge < -0.3 is 9.52 Å². The molecule has 3 fully saturated rings. The number of hydrogen-bond acceptors (Lipinski definition) is 3. The zero-order valence-corrected chi connectivity index (χ0v) is 18.0. The number of carbonyl (C=O) groups excluding carboxylic acids is 1. The van der Waals surface area contributed by atoms with Crippen molar-refractivity contribution in [3.05, 3.63) is 23.2 Å². The highest BCUT2D eigenvalue weighted by Gasteiger charge is 2.64. The standard InChI is InChI=1S/C25H29F3O3/c1-4-24(30)10-8-18-16-6-5-15-12-19-14(11-20(31-19)21(29)25(26,27)28)13-22(15,2)17(16)7-9-23(18,24)3/h1,11,15-18,30H,5-10,12-13H2,2-3H3/t15-,16?,17?,18?,22-,23-,24-/m0/s1. The van der Waals surface area contributed by atoms with E-state index >= 15 is 0 Å². The Bertz CT molecular complexity index is 972. The van der Waals surface area contributed by atoms with Crippen LogP contribution in [0.25, 0.3) is 0 Å². The van der Waals surface area contributed by atoms with E-state index in [4.69, 9.17) is 10.8 Å². The Hall–Kier alpha value is -1.74. The van der Waals surface area contributed by atoms with Crippen LogP contribution in [0.1, 0.15) is 74.3 Å². The number of ketones is 1. The van der Waals surface area contributed by atoms with Crippen LogP contribution < -0.4 is 0 Å². The second kappa shape index (κ2) is 6.41. The molecule has 0 radical (unpaired) electrons. The first-order valence-electron chi connectivity index (χ1n) is 11.4. The van der Waals surface area contributed by atoms with E-state index in [1.807, 2.05) is 0 Å². The van der Waals surface area contributed by atoms with E-state index in [0.717, 1.165) is 37.7 Å². The molecule has 168 valence electrons. The topological polar surface area (TPSA) is 50.4 Å². The fraction of sp³-hybridized carbons (Fsp3) is 0.720. The highest BCUT2D eigenvalue weighted by Crippen LogP contribution is 2.67. The lowest BCUT2D eigenvalue weighted by Crippen LogP contribution is -2.56. The van der Waals surface area contributed by atoms with Gasteiger partial charge in [-0.05, 0) is 85.7 Å². The summed E-state index contributed by atoms with van der Waals surface area (Å²) in [4.78, 5) is 11.7. The van der Waals surface area contributed by atoms with E-state index in [2.05, 4.69) is 19.8 Å². The molecular weight excluding hydrogens is 405 g/mol. The third-order valence-electron chi connectivity index (χ3n) is 9.84. The molecule has 0 amide bonds. The maximum Gasteiger partial charge on any atom is 0.458 e. The van der Waals surface area contributed by atoms with Crippen molar-refractivity contribution in [3.8, 4) is 12.3 Å². The van der Waals surface area contributed by atoms with Crippen molar-refractivity contribution in [1.82, 2.24) is 0 Å². The predicted octanol–water partition coefficient (Wildman–Crippen LogP) is 5.35. The van der Waals surface area contributed by atoms with Crippen LogP contribution >= 0.6 is 0 Å². The van der Waals surface area contributed by atoms with Crippen LogP contribution in [-0.4, -0.2) is 22.7 Å². The molecule has 0 aliphatic heterocycles. The Labute approximate surface area is 180 Å². The van der Waals surface area contributed by atoms with Gasteiger partial charge in [0.25, 0.3) is 0 Å². The molecule has 1 N–H and O–H groups in total. The zero-order chi connectivity index (χ0) is 22.4. The van der Waals surface area contributed by atoms with E-state index in [-0.39, 0.29) is 10.8 Å². The minimum absolute atomic E-state index is 0.0451. The number of rotatable bonds is 1. The van der Waals surface area contributed by atoms with Crippen molar-refractivity contribution in [1.29, 1.82) is 0 Å². The van der Waals surface area contributed by atoms with Crippen LogP contribution in [0.15, 0.2) is 10.5 Å². The minimum Gasteiger partial charge on any atom is -0.457 e. The zero-order valence-electron chi connectivity index (χ0n) is 18.0. The van der Waals surface area contributed by atoms with E-state index in [1.165, 1.54) is 6.07 Å². The van der Waals surface area contributed by atoms with Crippen molar-refractivity contribution in [2.24, 2.45) is 34.5 Å². The predicted molar refractivity (Wildman–Crippen MR) is 108 cm³/mol. The summed E-state index contributed by atoms with van der Waals surface area (Å²) in [6, 6.07) is 1.33. The van der Waals surface area contributed by atoms with Gasteiger partial charge in [0.05, 0.1) is 0 Å². The number of furan rings is 1. The number of halogens is 3. The summed E-state index contributed by atoms with van der Waals surface area (Å²) in [5.74, 6) is 2.38. The van der Waals surface area contributed by atoms with Crippen molar-refractivity contribution >= 4 is 5.78 Å². The van der Waals surface area contributed by atoms with E-state index in [9.17, 15) is 23.1 Å². The average Bonchev–Trinajstić information content (AvgIpc) is 3.22. The molecule has 1 aromatic heterocycles. The molecule has 31 heavy (non-hydrogen) atoms. The summed E-state index contributed by atoms with van der Waals surface area (Å²) in [6.07, 6.45) is 7.52. The molecule has 1 heterocycles. The number of alkyl halides is 3. The van der Waals surface area contributed by atoms with E-state index in [0.29, 0.717) is 48.7 Å². The minimum atomic E-state index is -4.92. The molecule has 3 nitrogen and oxygen atoms in total. The number of terminal acetylenes is 1. The van der Waals surface area contributed by atoms with Crippen molar-refractivity contribution in [2.75, 3.05) is 0 Å². The highest BCUT2D eigenvalue weighted by molar-refractivity contribution is 5.98. The Morgan fingerprint density at radius 3 is 2.58 bits per heavy atom. The van der Waals surface area contributed by atoms with E-state index < -0.39 is 23.3 Å². The van der Waals surface area contributed by atoms with Gasteiger partial charge in [-0.25, -0.2) is 0 Å². The summed E-state index contributed by atoms with van der Waals surface area (Å²) in [7, 11) is 0. The van der Waals surface area contributed by atoms with Crippen LogP contribution in [0.2, 0.25) is 0 Å². The Morgan fingerprint density at radius 1 is 1.19 bits per heavy atom. The first kappa shape index (κ1) is 21.1. The van der Waals surface area contributed by atoms with Gasteiger partial charge >= 0.3 is 12.0 Å². The maximum atomic E-state index is 12.9. The molecule has 0 aromatic carbocycles. The average molecular weight is 434 g/mol. The summed E-state index contributed by atoms with van der Waals surface area (Å²) in [5.41, 5.74) is -0.603. The first-order valence-corrected chi connectivity index (χ1v) is 11.4. The quantitative estimate of drug-likeness (QED) is 0.479. The van der Waals surface area contributed by atoms with Gasteiger partial charge in [0, 0.05) is 11.8 Å². The molecule has 0 bridgehead atoms. The lowest BCUT2D eigenvalue weighted by Gasteiger charge is -2.60. The molecule has 3 unspecified atom stereocenters. The summed E-state index contributed by atoms with van der Waals surface area (Å²) in [6.45, 7) is 4.43. The highest BCUT2D eigenvalue weighted by atomic mass is 19.4. The molecule has 4 aliphatic rings. The smallest absolute Gasteiger partial charge is 0.457 e. The number of carbonyl (C=O) groups is 1. The van der Waals surface area contributed by atoms with Crippen molar-refractivity contribution in [3.63, 3.8) is 0 Å². The lowest BCUT2D eigenvalue weighted by atomic mass is 9.44. The molecular formula is C25H29F3O3. The third kappa shape index (κ3) is 2.74. The molecule has 7 atom stereocenters. The van der Waals surface area contributed by atoms with Gasteiger partial charge in [0.1, 0.15) is 11.4 Å². The summed E-state index contributed by atoms with van der Waals surface area (Å²) >= 11 is 0. The molecule has 5 rings (SSSR count). The Morgan fingerprint density at radius 2 is 1.90 bits per heavy atom. The number of fused-ring (bicyclic) bond motifs is 6. The summed E-state index contributed by atoms with van der Waals surface area (Å²) in [5, 5.41) is 11.1. The second-order valence-corrected chi connectivity index (χ2v) is 10.9. The molecule has 4 aliphatic carbocycles. The van der Waals surface area contributed by atoms with Crippen molar-refractivity contribution in [2.45, 2.75) is 77.0 Å². The molecule has 0 saturated heterocycles.